The Kier molecular flexibility index (Phi) is 3.87. The van der Waals surface area contributed by atoms with E-state index in [4.69, 9.17) is 10.1 Å². The SMILES string of the molecule is CNCCC1CCCCN1c1nc2cccc(C)n2n1. The number of aryl methyl sites for hydroxylation is 1. The number of fused-ring (bicyclic) bond motifs is 1. The highest BCUT2D eigenvalue weighted by Crippen LogP contribution is 2.24. The highest BCUT2D eigenvalue weighted by molar-refractivity contribution is 5.46. The van der Waals surface area contributed by atoms with Gasteiger partial charge in [0.1, 0.15) is 0 Å². The fourth-order valence-corrected chi connectivity index (χ4v) is 3.02. The molecule has 2 aromatic rings. The maximum Gasteiger partial charge on any atom is 0.245 e. The Morgan fingerprint density at radius 1 is 1.35 bits per heavy atom. The van der Waals surface area contributed by atoms with Crippen LogP contribution in [-0.4, -0.2) is 40.8 Å². The second-order valence-electron chi connectivity index (χ2n) is 5.58. The van der Waals surface area contributed by atoms with Crippen molar-refractivity contribution in [3.63, 3.8) is 0 Å². The lowest BCUT2D eigenvalue weighted by Crippen LogP contribution is -2.41. The zero-order valence-electron chi connectivity index (χ0n) is 12.3. The predicted octanol–water partition coefficient (Wildman–Crippen LogP) is 2.01. The molecule has 1 aliphatic heterocycles. The van der Waals surface area contributed by atoms with Gasteiger partial charge in [0.25, 0.3) is 0 Å². The van der Waals surface area contributed by atoms with E-state index in [1.54, 1.807) is 0 Å². The molecule has 0 bridgehead atoms. The van der Waals surface area contributed by atoms with Crippen molar-refractivity contribution in [3.8, 4) is 0 Å². The van der Waals surface area contributed by atoms with Crippen molar-refractivity contribution in [1.29, 1.82) is 0 Å². The smallest absolute Gasteiger partial charge is 0.245 e. The van der Waals surface area contributed by atoms with E-state index in [1.807, 2.05) is 23.7 Å². The van der Waals surface area contributed by atoms with Gasteiger partial charge in [0.2, 0.25) is 5.95 Å². The minimum Gasteiger partial charge on any atom is -0.336 e. The lowest BCUT2D eigenvalue weighted by molar-refractivity contribution is 0.427. The molecule has 20 heavy (non-hydrogen) atoms. The Morgan fingerprint density at radius 2 is 2.25 bits per heavy atom. The summed E-state index contributed by atoms with van der Waals surface area (Å²) in [5, 5.41) is 7.96. The van der Waals surface area contributed by atoms with Crippen LogP contribution < -0.4 is 10.2 Å². The highest BCUT2D eigenvalue weighted by Gasteiger charge is 2.25. The monoisotopic (exact) mass is 273 g/mol. The second-order valence-corrected chi connectivity index (χ2v) is 5.58. The molecule has 2 aromatic heterocycles. The van der Waals surface area contributed by atoms with E-state index < -0.39 is 0 Å². The molecule has 108 valence electrons. The van der Waals surface area contributed by atoms with Crippen LogP contribution in [0.5, 0.6) is 0 Å². The van der Waals surface area contributed by atoms with E-state index in [-0.39, 0.29) is 0 Å². The van der Waals surface area contributed by atoms with E-state index in [9.17, 15) is 0 Å². The second kappa shape index (κ2) is 5.79. The minimum absolute atomic E-state index is 0.564. The largest absolute Gasteiger partial charge is 0.336 e. The molecule has 5 heteroatoms. The Hall–Kier alpha value is -1.62. The normalized spacial score (nSPS) is 19.7. The Bertz CT molecular complexity index is 577. The molecule has 3 rings (SSSR count). The number of nitrogens with one attached hydrogen (secondary N) is 1. The Balaban J connectivity index is 1.89. The summed E-state index contributed by atoms with van der Waals surface area (Å²) in [6.45, 7) is 4.19. The molecule has 0 saturated carbocycles. The van der Waals surface area contributed by atoms with Crippen LogP contribution in [-0.2, 0) is 0 Å². The molecular weight excluding hydrogens is 250 g/mol. The fourth-order valence-electron chi connectivity index (χ4n) is 3.02. The molecule has 3 heterocycles. The van der Waals surface area contributed by atoms with Gasteiger partial charge >= 0.3 is 0 Å². The maximum atomic E-state index is 4.71. The molecule has 1 unspecified atom stereocenters. The van der Waals surface area contributed by atoms with E-state index >= 15 is 0 Å². The molecular formula is C15H23N5. The maximum absolute atomic E-state index is 4.71. The predicted molar refractivity (Wildman–Crippen MR) is 81.3 cm³/mol. The van der Waals surface area contributed by atoms with Gasteiger partial charge in [-0.05, 0) is 58.3 Å². The van der Waals surface area contributed by atoms with Crippen molar-refractivity contribution in [3.05, 3.63) is 23.9 Å². The number of piperidine rings is 1. The average Bonchev–Trinajstić information content (AvgIpc) is 2.91. The molecule has 1 atom stereocenters. The molecule has 0 spiro atoms. The third-order valence-corrected chi connectivity index (χ3v) is 4.15. The summed E-state index contributed by atoms with van der Waals surface area (Å²) >= 11 is 0. The van der Waals surface area contributed by atoms with E-state index in [0.717, 1.165) is 36.8 Å². The first kappa shape index (κ1) is 13.4. The van der Waals surface area contributed by atoms with Gasteiger partial charge in [-0.3, -0.25) is 0 Å². The Morgan fingerprint density at radius 3 is 3.05 bits per heavy atom. The van der Waals surface area contributed by atoms with Crippen LogP contribution in [0.4, 0.5) is 5.95 Å². The van der Waals surface area contributed by atoms with Crippen LogP contribution in [0.25, 0.3) is 5.65 Å². The number of aromatic nitrogens is 3. The summed E-state index contributed by atoms with van der Waals surface area (Å²) in [5.74, 6) is 0.889. The first-order chi connectivity index (χ1) is 9.79. The number of pyridine rings is 1. The van der Waals surface area contributed by atoms with Crippen LogP contribution in [0.1, 0.15) is 31.4 Å². The van der Waals surface area contributed by atoms with Crippen LogP contribution in [0.15, 0.2) is 18.2 Å². The zero-order chi connectivity index (χ0) is 13.9. The third kappa shape index (κ3) is 2.50. The summed E-state index contributed by atoms with van der Waals surface area (Å²) in [7, 11) is 2.01. The number of nitrogens with zero attached hydrogens (tertiary/aromatic N) is 4. The Labute approximate surface area is 120 Å². The third-order valence-electron chi connectivity index (χ3n) is 4.15. The molecule has 0 aliphatic carbocycles. The molecule has 5 nitrogen and oxygen atoms in total. The quantitative estimate of drug-likeness (QED) is 0.925. The van der Waals surface area contributed by atoms with Crippen molar-refractivity contribution in [2.75, 3.05) is 25.0 Å². The number of hydrogen-bond acceptors (Lipinski definition) is 4. The number of anilines is 1. The van der Waals surface area contributed by atoms with Crippen molar-refractivity contribution in [1.82, 2.24) is 19.9 Å². The molecule has 1 saturated heterocycles. The molecule has 1 fully saturated rings. The van der Waals surface area contributed by atoms with Crippen molar-refractivity contribution in [2.24, 2.45) is 0 Å². The van der Waals surface area contributed by atoms with Crippen LogP contribution in [0, 0.1) is 6.92 Å². The molecule has 1 N–H and O–H groups in total. The molecule has 1 aliphatic rings. The highest BCUT2D eigenvalue weighted by atomic mass is 15.4. The number of rotatable bonds is 4. The van der Waals surface area contributed by atoms with E-state index in [1.165, 1.54) is 19.3 Å². The van der Waals surface area contributed by atoms with E-state index in [0.29, 0.717) is 6.04 Å². The molecule has 0 aromatic carbocycles. The minimum atomic E-state index is 0.564. The van der Waals surface area contributed by atoms with Crippen LogP contribution in [0.3, 0.4) is 0 Å². The van der Waals surface area contributed by atoms with Crippen molar-refractivity contribution < 1.29 is 0 Å². The summed E-state index contributed by atoms with van der Waals surface area (Å²) in [4.78, 5) is 7.11. The fraction of sp³-hybridized carbons (Fsp3) is 0.600. The van der Waals surface area contributed by atoms with Gasteiger partial charge in [-0.1, -0.05) is 6.07 Å². The van der Waals surface area contributed by atoms with Gasteiger partial charge in [-0.2, -0.15) is 4.98 Å². The average molecular weight is 273 g/mol. The molecule has 0 radical (unpaired) electrons. The summed E-state index contributed by atoms with van der Waals surface area (Å²) in [5.41, 5.74) is 2.07. The lowest BCUT2D eigenvalue weighted by atomic mass is 10.00. The zero-order valence-corrected chi connectivity index (χ0v) is 12.3. The van der Waals surface area contributed by atoms with Crippen LogP contribution >= 0.6 is 0 Å². The van der Waals surface area contributed by atoms with Crippen molar-refractivity contribution >= 4 is 11.6 Å². The standard InChI is InChI=1S/C15H23N5/c1-12-6-5-8-14-17-15(18-20(12)14)19-11-4-3-7-13(19)9-10-16-2/h5-6,8,13,16H,3-4,7,9-11H2,1-2H3. The van der Waals surface area contributed by atoms with Gasteiger partial charge in [0, 0.05) is 18.3 Å². The first-order valence-electron chi connectivity index (χ1n) is 7.53. The topological polar surface area (TPSA) is 45.5 Å². The number of hydrogen-bond donors (Lipinski definition) is 1. The first-order valence-corrected chi connectivity index (χ1v) is 7.53. The van der Waals surface area contributed by atoms with Crippen LogP contribution in [0.2, 0.25) is 0 Å². The summed E-state index contributed by atoms with van der Waals surface area (Å²) in [6.07, 6.45) is 4.96. The summed E-state index contributed by atoms with van der Waals surface area (Å²) < 4.78 is 1.94. The van der Waals surface area contributed by atoms with Crippen molar-refractivity contribution in [2.45, 2.75) is 38.6 Å². The molecule has 0 amide bonds. The lowest BCUT2D eigenvalue weighted by Gasteiger charge is -2.35. The van der Waals surface area contributed by atoms with Gasteiger partial charge in [-0.15, -0.1) is 5.10 Å². The van der Waals surface area contributed by atoms with Gasteiger partial charge in [0.05, 0.1) is 0 Å². The summed E-state index contributed by atoms with van der Waals surface area (Å²) in [6, 6.07) is 6.70. The van der Waals surface area contributed by atoms with Gasteiger partial charge in [0.15, 0.2) is 5.65 Å². The van der Waals surface area contributed by atoms with Gasteiger partial charge in [-0.25, -0.2) is 4.52 Å². The van der Waals surface area contributed by atoms with Gasteiger partial charge < -0.3 is 10.2 Å². The van der Waals surface area contributed by atoms with E-state index in [2.05, 4.69) is 23.2 Å².